The van der Waals surface area contributed by atoms with Crippen LogP contribution in [0, 0.1) is 0 Å². The molecule has 0 atom stereocenters. The van der Waals surface area contributed by atoms with Gasteiger partial charge in [0.2, 0.25) is 0 Å². The smallest absolute Gasteiger partial charge is 0.102 e. The molecule has 0 aromatic rings. The van der Waals surface area contributed by atoms with Gasteiger partial charge in [0.05, 0.1) is 26.2 Å². The van der Waals surface area contributed by atoms with Crippen molar-refractivity contribution in [3.8, 4) is 0 Å². The zero-order valence-corrected chi connectivity index (χ0v) is 12.5. The van der Waals surface area contributed by atoms with Crippen LogP contribution < -0.4 is 17.0 Å². The number of likely N-dealkylation sites (N-methyl/N-ethyl adjacent to an activating group) is 2. The largest absolute Gasteiger partial charge is 1.00 e. The number of quaternary nitrogens is 1. The van der Waals surface area contributed by atoms with E-state index < -0.39 is 0 Å². The standard InChI is InChI=1S/C11H27N2O.BrH/c1-6-13(7-2,10-11-14-5)9-8-12(3)4;/h6-11H2,1-5H3;1H/q+1;/p-1. The van der Waals surface area contributed by atoms with Gasteiger partial charge in [-0.15, -0.1) is 0 Å². The Morgan fingerprint density at radius 1 is 1.07 bits per heavy atom. The molecular formula is C11H27BrN2O. The Morgan fingerprint density at radius 2 is 1.60 bits per heavy atom. The molecule has 0 aromatic carbocycles. The number of hydrogen-bond acceptors (Lipinski definition) is 2. The summed E-state index contributed by atoms with van der Waals surface area (Å²) < 4.78 is 6.35. The lowest BCUT2D eigenvalue weighted by Gasteiger charge is -2.37. The van der Waals surface area contributed by atoms with Crippen molar-refractivity contribution in [2.45, 2.75) is 13.8 Å². The van der Waals surface area contributed by atoms with Gasteiger partial charge < -0.3 is 31.1 Å². The average Bonchev–Trinajstić information content (AvgIpc) is 2.19. The van der Waals surface area contributed by atoms with E-state index in [1.807, 2.05) is 0 Å². The van der Waals surface area contributed by atoms with Crippen molar-refractivity contribution in [2.24, 2.45) is 0 Å². The molecule has 0 amide bonds. The highest BCUT2D eigenvalue weighted by Gasteiger charge is 2.22. The summed E-state index contributed by atoms with van der Waals surface area (Å²) in [5, 5.41) is 0. The minimum atomic E-state index is 0. The Morgan fingerprint density at radius 3 is 1.93 bits per heavy atom. The first-order valence-corrected chi connectivity index (χ1v) is 5.59. The third-order valence-electron chi connectivity index (χ3n) is 3.13. The summed E-state index contributed by atoms with van der Waals surface area (Å²) in [6.07, 6.45) is 0. The van der Waals surface area contributed by atoms with Gasteiger partial charge in [0.25, 0.3) is 0 Å². The molecule has 94 valence electrons. The molecule has 0 aliphatic carbocycles. The molecule has 0 unspecified atom stereocenters. The van der Waals surface area contributed by atoms with E-state index in [-0.39, 0.29) is 17.0 Å². The van der Waals surface area contributed by atoms with Crippen LogP contribution in [-0.4, -0.2) is 69.9 Å². The fourth-order valence-electron chi connectivity index (χ4n) is 1.66. The molecule has 0 heterocycles. The molecule has 0 aliphatic rings. The van der Waals surface area contributed by atoms with Crippen LogP contribution in [0.5, 0.6) is 0 Å². The number of methoxy groups -OCH3 is 1. The fourth-order valence-corrected chi connectivity index (χ4v) is 1.66. The third-order valence-corrected chi connectivity index (χ3v) is 3.13. The second kappa shape index (κ2) is 9.58. The predicted octanol–water partition coefficient (Wildman–Crippen LogP) is -1.94. The molecule has 15 heavy (non-hydrogen) atoms. The third kappa shape index (κ3) is 7.28. The summed E-state index contributed by atoms with van der Waals surface area (Å²) in [7, 11) is 6.05. The van der Waals surface area contributed by atoms with Crippen molar-refractivity contribution < 1.29 is 26.2 Å². The summed E-state index contributed by atoms with van der Waals surface area (Å²) in [5.41, 5.74) is 0. The normalized spacial score (nSPS) is 11.6. The van der Waals surface area contributed by atoms with E-state index in [1.54, 1.807) is 7.11 Å². The molecular weight excluding hydrogens is 256 g/mol. The second-order valence-corrected chi connectivity index (χ2v) is 4.22. The summed E-state index contributed by atoms with van der Waals surface area (Å²) in [6, 6.07) is 0. The van der Waals surface area contributed by atoms with Gasteiger partial charge in [-0.3, -0.25) is 0 Å². The summed E-state index contributed by atoms with van der Waals surface area (Å²) >= 11 is 0. The van der Waals surface area contributed by atoms with Crippen LogP contribution in [0.4, 0.5) is 0 Å². The van der Waals surface area contributed by atoms with E-state index in [1.165, 1.54) is 24.1 Å². The first-order chi connectivity index (χ1) is 6.60. The minimum absolute atomic E-state index is 0. The first kappa shape index (κ1) is 17.7. The summed E-state index contributed by atoms with van der Waals surface area (Å²) in [4.78, 5) is 2.26. The Bertz CT molecular complexity index is 139. The van der Waals surface area contributed by atoms with Crippen molar-refractivity contribution >= 4 is 0 Å². The van der Waals surface area contributed by atoms with Crippen LogP contribution in [-0.2, 0) is 4.74 Å². The van der Waals surface area contributed by atoms with E-state index in [4.69, 9.17) is 4.74 Å². The molecule has 0 aromatic heterocycles. The lowest BCUT2D eigenvalue weighted by Crippen LogP contribution is -3.00. The van der Waals surface area contributed by atoms with Crippen LogP contribution in [0.1, 0.15) is 13.8 Å². The van der Waals surface area contributed by atoms with Crippen LogP contribution in [0.25, 0.3) is 0 Å². The highest BCUT2D eigenvalue weighted by Crippen LogP contribution is 2.05. The molecule has 0 radical (unpaired) electrons. The fraction of sp³-hybridized carbons (Fsp3) is 1.00. The van der Waals surface area contributed by atoms with E-state index in [0.717, 1.165) is 19.7 Å². The van der Waals surface area contributed by atoms with E-state index in [0.29, 0.717) is 0 Å². The minimum Gasteiger partial charge on any atom is -1.00 e. The predicted molar refractivity (Wildman–Crippen MR) is 61.5 cm³/mol. The number of rotatable bonds is 8. The Labute approximate surface area is 106 Å². The van der Waals surface area contributed by atoms with Crippen LogP contribution in [0.15, 0.2) is 0 Å². The van der Waals surface area contributed by atoms with Gasteiger partial charge in [-0.1, -0.05) is 0 Å². The summed E-state index contributed by atoms with van der Waals surface area (Å²) in [5.74, 6) is 0. The van der Waals surface area contributed by atoms with Gasteiger partial charge in [0.15, 0.2) is 0 Å². The van der Waals surface area contributed by atoms with Crippen LogP contribution >= 0.6 is 0 Å². The Hall–Kier alpha value is 0.360. The molecule has 0 spiro atoms. The van der Waals surface area contributed by atoms with Gasteiger partial charge in [0.1, 0.15) is 6.54 Å². The Balaban J connectivity index is 0. The van der Waals surface area contributed by atoms with Gasteiger partial charge in [-0.2, -0.15) is 0 Å². The van der Waals surface area contributed by atoms with E-state index in [2.05, 4.69) is 32.8 Å². The Kier molecular flexibility index (Phi) is 11.3. The first-order valence-electron chi connectivity index (χ1n) is 5.59. The van der Waals surface area contributed by atoms with Gasteiger partial charge in [0, 0.05) is 13.7 Å². The molecule has 0 bridgehead atoms. The maximum atomic E-state index is 5.18. The molecule has 0 N–H and O–H groups in total. The lowest BCUT2D eigenvalue weighted by molar-refractivity contribution is -0.924. The maximum absolute atomic E-state index is 5.18. The van der Waals surface area contributed by atoms with Crippen LogP contribution in [0.2, 0.25) is 0 Å². The number of halogens is 1. The zero-order chi connectivity index (χ0) is 11.0. The van der Waals surface area contributed by atoms with Crippen molar-refractivity contribution in [2.75, 3.05) is 60.5 Å². The average molecular weight is 283 g/mol. The van der Waals surface area contributed by atoms with Crippen molar-refractivity contribution in [3.63, 3.8) is 0 Å². The van der Waals surface area contributed by atoms with Crippen molar-refractivity contribution in [3.05, 3.63) is 0 Å². The highest BCUT2D eigenvalue weighted by atomic mass is 79.9. The summed E-state index contributed by atoms with van der Waals surface area (Å²) in [6.45, 7) is 11.3. The number of hydrogen-bond donors (Lipinski definition) is 0. The topological polar surface area (TPSA) is 12.5 Å². The van der Waals surface area contributed by atoms with E-state index >= 15 is 0 Å². The van der Waals surface area contributed by atoms with Crippen LogP contribution in [0.3, 0.4) is 0 Å². The van der Waals surface area contributed by atoms with Crippen molar-refractivity contribution in [1.82, 2.24) is 4.90 Å². The molecule has 4 heteroatoms. The van der Waals surface area contributed by atoms with E-state index in [9.17, 15) is 0 Å². The van der Waals surface area contributed by atoms with Gasteiger partial charge in [-0.25, -0.2) is 0 Å². The molecule has 3 nitrogen and oxygen atoms in total. The maximum Gasteiger partial charge on any atom is 0.102 e. The lowest BCUT2D eigenvalue weighted by atomic mass is 10.3. The van der Waals surface area contributed by atoms with Gasteiger partial charge in [-0.05, 0) is 27.9 Å². The zero-order valence-electron chi connectivity index (χ0n) is 10.9. The molecule has 0 saturated carbocycles. The molecule has 0 saturated heterocycles. The molecule has 0 aliphatic heterocycles. The molecule has 0 fully saturated rings. The number of ether oxygens (including phenoxy) is 1. The second-order valence-electron chi connectivity index (χ2n) is 4.22. The van der Waals surface area contributed by atoms with Crippen molar-refractivity contribution in [1.29, 1.82) is 0 Å². The highest BCUT2D eigenvalue weighted by molar-refractivity contribution is 4.46. The number of nitrogens with zero attached hydrogens (tertiary/aromatic N) is 2. The monoisotopic (exact) mass is 282 g/mol. The SMILES string of the molecule is CC[N+](CC)(CCOC)CCN(C)C.[Br-]. The quantitative estimate of drug-likeness (QED) is 0.480. The van der Waals surface area contributed by atoms with Gasteiger partial charge >= 0.3 is 0 Å². The molecule has 0 rings (SSSR count).